The first-order valence-corrected chi connectivity index (χ1v) is 2.35. The summed E-state index contributed by atoms with van der Waals surface area (Å²) < 4.78 is 0. The topological polar surface area (TPSA) is 69.2 Å². The van der Waals surface area contributed by atoms with Gasteiger partial charge in [-0.2, -0.15) is 6.92 Å². The van der Waals surface area contributed by atoms with E-state index in [1.807, 2.05) is 0 Å². The van der Waals surface area contributed by atoms with E-state index in [0.717, 1.165) is 0 Å². The molecule has 3 nitrogen and oxygen atoms in total. The molecule has 40 valence electrons. The van der Waals surface area contributed by atoms with Crippen molar-refractivity contribution in [2.75, 3.05) is 0 Å². The van der Waals surface area contributed by atoms with Crippen molar-refractivity contribution in [2.24, 2.45) is 0 Å². The molecule has 0 fully saturated rings. The maximum atomic E-state index is 8.48. The van der Waals surface area contributed by atoms with E-state index >= 15 is 0 Å². The van der Waals surface area contributed by atoms with Crippen LogP contribution in [0, 0.1) is 6.92 Å². The van der Waals surface area contributed by atoms with Crippen LogP contribution in [0.2, 0.25) is 0 Å². The van der Waals surface area contributed by atoms with E-state index in [9.17, 15) is 0 Å². The van der Waals surface area contributed by atoms with Gasteiger partial charge >= 0.3 is 29.6 Å². The van der Waals surface area contributed by atoms with E-state index in [1.165, 1.54) is 0 Å². The first-order valence-electron chi connectivity index (χ1n) is 1.25. The van der Waals surface area contributed by atoms with Crippen LogP contribution in [0.15, 0.2) is 0 Å². The van der Waals surface area contributed by atoms with E-state index in [2.05, 4.69) is 6.92 Å². The summed E-state index contributed by atoms with van der Waals surface area (Å²) in [6.07, 6.45) is 0. The Bertz CT molecular complexity index is 17.7. The zero-order valence-corrected chi connectivity index (χ0v) is 7.27. The molecule has 0 N–H and O–H groups in total. The van der Waals surface area contributed by atoms with Crippen LogP contribution in [0.3, 0.4) is 0 Å². The minimum atomic E-state index is -3.37. The zero-order chi connectivity index (χ0) is 5.58. The Labute approximate surface area is 66.7 Å². The smallest absolute Gasteiger partial charge is 0.854 e. The summed E-state index contributed by atoms with van der Waals surface area (Å²) >= 11 is 0. The SMILES string of the molecule is [CH2-]C.[Na+].[O-]P([O-])[O-]. The summed E-state index contributed by atoms with van der Waals surface area (Å²) in [5.41, 5.74) is 0. The van der Waals surface area contributed by atoms with Crippen LogP contribution in [0.4, 0.5) is 0 Å². The molecule has 0 bridgehead atoms. The molecule has 0 saturated carbocycles. The van der Waals surface area contributed by atoms with Crippen LogP contribution in [-0.2, 0) is 0 Å². The summed E-state index contributed by atoms with van der Waals surface area (Å²) in [5, 5.41) is 0. The molecule has 0 atom stereocenters. The summed E-state index contributed by atoms with van der Waals surface area (Å²) in [7, 11) is -3.37. The van der Waals surface area contributed by atoms with Gasteiger partial charge in [0.2, 0.25) is 0 Å². The second kappa shape index (κ2) is 15.7. The molecule has 0 amide bonds. The van der Waals surface area contributed by atoms with Crippen molar-refractivity contribution in [1.82, 2.24) is 0 Å². The molecule has 0 aromatic heterocycles. The van der Waals surface area contributed by atoms with Crippen molar-refractivity contribution in [1.29, 1.82) is 0 Å². The fourth-order valence-electron chi connectivity index (χ4n) is 0. The minimum Gasteiger partial charge on any atom is -0.854 e. The normalized spacial score (nSPS) is 6.00. The average Bonchev–Trinajstić information content (AvgIpc) is 1.41. The van der Waals surface area contributed by atoms with Gasteiger partial charge in [-0.1, -0.05) is 0 Å². The quantitative estimate of drug-likeness (QED) is 0.188. The van der Waals surface area contributed by atoms with Gasteiger partial charge in [-0.25, -0.2) is 0 Å². The van der Waals surface area contributed by atoms with Crippen molar-refractivity contribution in [3.05, 3.63) is 6.92 Å². The summed E-state index contributed by atoms with van der Waals surface area (Å²) in [6.45, 7) is 5.00. The van der Waals surface area contributed by atoms with E-state index < -0.39 is 8.60 Å². The largest absolute Gasteiger partial charge is 1.00 e. The van der Waals surface area contributed by atoms with Crippen LogP contribution >= 0.6 is 8.60 Å². The molecule has 0 aliphatic rings. The Morgan fingerprint density at radius 3 is 1.14 bits per heavy atom. The summed E-state index contributed by atoms with van der Waals surface area (Å²) in [4.78, 5) is 25.4. The molecule has 0 heterocycles. The first kappa shape index (κ1) is 15.7. The van der Waals surface area contributed by atoms with Crippen molar-refractivity contribution in [2.45, 2.75) is 6.92 Å². The van der Waals surface area contributed by atoms with Crippen molar-refractivity contribution in [3.8, 4) is 0 Å². The molecule has 0 aliphatic heterocycles. The van der Waals surface area contributed by atoms with Crippen LogP contribution < -0.4 is 44.2 Å². The molecule has 0 radical (unpaired) electrons. The van der Waals surface area contributed by atoms with E-state index in [-0.39, 0.29) is 29.6 Å². The van der Waals surface area contributed by atoms with Crippen LogP contribution in [0.1, 0.15) is 6.92 Å². The van der Waals surface area contributed by atoms with Gasteiger partial charge < -0.3 is 30.2 Å². The van der Waals surface area contributed by atoms with Crippen LogP contribution in [-0.4, -0.2) is 0 Å². The van der Waals surface area contributed by atoms with Gasteiger partial charge in [0.1, 0.15) is 0 Å². The zero-order valence-electron chi connectivity index (χ0n) is 4.38. The Morgan fingerprint density at radius 1 is 1.14 bits per heavy atom. The number of hydrogen-bond donors (Lipinski definition) is 0. The van der Waals surface area contributed by atoms with Gasteiger partial charge in [-0.15, -0.1) is 0 Å². The van der Waals surface area contributed by atoms with E-state index in [4.69, 9.17) is 14.7 Å². The average molecular weight is 131 g/mol. The third-order valence-electron chi connectivity index (χ3n) is 0. The molecule has 0 aromatic rings. The predicted octanol–water partition coefficient (Wildman–Crippen LogP) is -4.86. The first-order chi connectivity index (χ1) is 2.73. The third kappa shape index (κ3) is 120. The second-order valence-corrected chi connectivity index (χ2v) is 0.671. The van der Waals surface area contributed by atoms with Gasteiger partial charge in [-0.3, -0.25) is 0 Å². The molecule has 0 aromatic carbocycles. The number of rotatable bonds is 0. The predicted molar refractivity (Wildman–Crippen MR) is 18.0 cm³/mol. The molecule has 0 unspecified atom stereocenters. The maximum Gasteiger partial charge on any atom is 1.00 e. The summed E-state index contributed by atoms with van der Waals surface area (Å²) in [5.74, 6) is 0. The Kier molecular flexibility index (Phi) is 35.3. The fraction of sp³-hybridized carbons (Fsp3) is 0.500. The molecule has 0 saturated heterocycles. The van der Waals surface area contributed by atoms with Gasteiger partial charge in [0, 0.05) is 0 Å². The van der Waals surface area contributed by atoms with Crippen molar-refractivity contribution >= 4 is 8.60 Å². The third-order valence-corrected chi connectivity index (χ3v) is 0. The molecular formula is C2H5NaO3P-3. The van der Waals surface area contributed by atoms with Gasteiger partial charge in [0.05, 0.1) is 0 Å². The van der Waals surface area contributed by atoms with Crippen molar-refractivity contribution in [3.63, 3.8) is 0 Å². The Balaban J connectivity index is -0.0000000480. The maximum absolute atomic E-state index is 8.48. The van der Waals surface area contributed by atoms with Crippen LogP contribution in [0.5, 0.6) is 0 Å². The van der Waals surface area contributed by atoms with Gasteiger partial charge in [0.25, 0.3) is 0 Å². The fourth-order valence-corrected chi connectivity index (χ4v) is 0. The number of hydrogen-bond acceptors (Lipinski definition) is 3. The molecule has 0 spiro atoms. The molecule has 7 heavy (non-hydrogen) atoms. The molecule has 0 aliphatic carbocycles. The van der Waals surface area contributed by atoms with Crippen molar-refractivity contribution < 1.29 is 44.2 Å². The monoisotopic (exact) mass is 131 g/mol. The van der Waals surface area contributed by atoms with E-state index in [1.54, 1.807) is 6.92 Å². The van der Waals surface area contributed by atoms with Crippen LogP contribution in [0.25, 0.3) is 0 Å². The summed E-state index contributed by atoms with van der Waals surface area (Å²) in [6, 6.07) is 0. The molecule has 0 rings (SSSR count). The second-order valence-electron chi connectivity index (χ2n) is 0.224. The van der Waals surface area contributed by atoms with Gasteiger partial charge in [-0.05, 0) is 0 Å². The Hall–Kier alpha value is 1.31. The van der Waals surface area contributed by atoms with Gasteiger partial charge in [0.15, 0.2) is 0 Å². The standard InChI is InChI=1S/C2H5.Na.O3P/c1-2;;1-4(2)3/h1H2,2H3;;/q-1;+1;-3. The minimum absolute atomic E-state index is 0. The molecular weight excluding hydrogens is 126 g/mol. The van der Waals surface area contributed by atoms with E-state index in [0.29, 0.717) is 0 Å². The Morgan fingerprint density at radius 2 is 1.14 bits per heavy atom. The molecule has 5 heteroatoms.